The van der Waals surface area contributed by atoms with Crippen molar-refractivity contribution in [1.82, 2.24) is 10.2 Å². The molecule has 0 aliphatic heterocycles. The molecule has 35 heavy (non-hydrogen) atoms. The minimum absolute atomic E-state index is 0.0000543. The summed E-state index contributed by atoms with van der Waals surface area (Å²) in [5, 5.41) is 12.0. The smallest absolute Gasteiger partial charge is 0.407 e. The van der Waals surface area contributed by atoms with E-state index in [1.807, 2.05) is 24.3 Å². The Morgan fingerprint density at radius 3 is 2.26 bits per heavy atom. The first-order valence-corrected chi connectivity index (χ1v) is 12.5. The monoisotopic (exact) mass is 476 g/mol. The molecule has 184 valence electrons. The van der Waals surface area contributed by atoms with Crippen LogP contribution in [0.1, 0.15) is 49.1 Å². The molecule has 0 saturated heterocycles. The summed E-state index contributed by atoms with van der Waals surface area (Å²) in [4.78, 5) is 38.5. The third-order valence-electron chi connectivity index (χ3n) is 8.19. The number of hydrogen-bond acceptors (Lipinski definition) is 4. The molecule has 2 fully saturated rings. The molecule has 2 saturated carbocycles. The number of carboxylic acid groups (broad SMARTS) is 1. The first-order chi connectivity index (χ1) is 16.9. The summed E-state index contributed by atoms with van der Waals surface area (Å²) in [7, 11) is 1.78. The van der Waals surface area contributed by atoms with Crippen molar-refractivity contribution in [3.05, 3.63) is 59.7 Å². The van der Waals surface area contributed by atoms with E-state index in [4.69, 9.17) is 9.84 Å². The van der Waals surface area contributed by atoms with E-state index in [1.165, 1.54) is 22.3 Å². The molecule has 0 heterocycles. The van der Waals surface area contributed by atoms with Crippen LogP contribution in [0.4, 0.5) is 4.79 Å². The Morgan fingerprint density at radius 1 is 1.00 bits per heavy atom. The Morgan fingerprint density at radius 2 is 1.63 bits per heavy atom. The van der Waals surface area contributed by atoms with Gasteiger partial charge in [0, 0.05) is 31.5 Å². The van der Waals surface area contributed by atoms with Crippen LogP contribution in [0.2, 0.25) is 0 Å². The number of nitrogens with zero attached hydrogens (tertiary/aromatic N) is 1. The lowest BCUT2D eigenvalue weighted by Gasteiger charge is -2.40. The molecule has 0 aromatic heterocycles. The van der Waals surface area contributed by atoms with Gasteiger partial charge in [-0.2, -0.15) is 0 Å². The van der Waals surface area contributed by atoms with Crippen molar-refractivity contribution in [2.45, 2.75) is 44.1 Å². The number of benzene rings is 2. The van der Waals surface area contributed by atoms with Gasteiger partial charge in [0.25, 0.3) is 0 Å². The minimum Gasteiger partial charge on any atom is -0.481 e. The average Bonchev–Trinajstić information content (AvgIpc) is 3.42. The number of carbonyl (C=O) groups is 3. The molecule has 0 bridgehead atoms. The molecule has 2 amide bonds. The molecular weight excluding hydrogens is 444 g/mol. The van der Waals surface area contributed by atoms with Crippen LogP contribution < -0.4 is 5.32 Å². The van der Waals surface area contributed by atoms with Crippen LogP contribution in [0.25, 0.3) is 11.1 Å². The summed E-state index contributed by atoms with van der Waals surface area (Å²) in [6, 6.07) is 16.5. The normalized spacial score (nSPS) is 24.7. The third-order valence-corrected chi connectivity index (χ3v) is 8.19. The molecule has 5 rings (SSSR count). The molecule has 2 atom stereocenters. The van der Waals surface area contributed by atoms with Gasteiger partial charge in [-0.25, -0.2) is 4.79 Å². The topological polar surface area (TPSA) is 95.9 Å². The van der Waals surface area contributed by atoms with Crippen LogP contribution in [-0.2, 0) is 14.3 Å². The van der Waals surface area contributed by atoms with E-state index in [9.17, 15) is 14.4 Å². The second kappa shape index (κ2) is 9.72. The van der Waals surface area contributed by atoms with E-state index in [-0.39, 0.29) is 42.2 Å². The van der Waals surface area contributed by atoms with Gasteiger partial charge in [-0.05, 0) is 53.9 Å². The zero-order valence-electron chi connectivity index (χ0n) is 20.0. The highest BCUT2D eigenvalue weighted by Gasteiger charge is 2.42. The van der Waals surface area contributed by atoms with Gasteiger partial charge in [-0.1, -0.05) is 55.0 Å². The highest BCUT2D eigenvalue weighted by Crippen LogP contribution is 2.44. The van der Waals surface area contributed by atoms with Crippen molar-refractivity contribution in [2.75, 3.05) is 20.2 Å². The van der Waals surface area contributed by atoms with Crippen LogP contribution in [-0.4, -0.2) is 54.2 Å². The average molecular weight is 477 g/mol. The summed E-state index contributed by atoms with van der Waals surface area (Å²) < 4.78 is 5.64. The lowest BCUT2D eigenvalue weighted by molar-refractivity contribution is -0.151. The number of ether oxygens (including phenoxy) is 1. The largest absolute Gasteiger partial charge is 0.481 e. The van der Waals surface area contributed by atoms with Crippen LogP contribution in [0, 0.1) is 17.8 Å². The summed E-state index contributed by atoms with van der Waals surface area (Å²) in [6.45, 7) is 0.672. The number of carboxylic acids is 1. The highest BCUT2D eigenvalue weighted by molar-refractivity contribution is 5.81. The van der Waals surface area contributed by atoms with Crippen molar-refractivity contribution in [3.8, 4) is 11.1 Å². The molecule has 2 aromatic carbocycles. The van der Waals surface area contributed by atoms with Crippen molar-refractivity contribution in [2.24, 2.45) is 17.8 Å². The SMILES string of the molecule is CN(C(=O)C1CCCC1CNC(=O)OCC1c2ccccc2-c2ccccc21)C1CC(C(=O)O)C1. The van der Waals surface area contributed by atoms with Gasteiger partial charge < -0.3 is 20.1 Å². The van der Waals surface area contributed by atoms with Gasteiger partial charge in [-0.3, -0.25) is 9.59 Å². The molecule has 3 aliphatic rings. The fourth-order valence-corrected chi connectivity index (χ4v) is 6.02. The highest BCUT2D eigenvalue weighted by atomic mass is 16.5. The van der Waals surface area contributed by atoms with Crippen molar-refractivity contribution in [1.29, 1.82) is 0 Å². The first-order valence-electron chi connectivity index (χ1n) is 12.5. The fourth-order valence-electron chi connectivity index (χ4n) is 6.02. The number of carbonyl (C=O) groups excluding carboxylic acids is 2. The molecular formula is C28H32N2O5. The Balaban J connectivity index is 1.13. The molecule has 7 nitrogen and oxygen atoms in total. The van der Waals surface area contributed by atoms with Gasteiger partial charge in [0.05, 0.1) is 5.92 Å². The van der Waals surface area contributed by atoms with E-state index in [1.54, 1.807) is 11.9 Å². The van der Waals surface area contributed by atoms with Gasteiger partial charge in [0.2, 0.25) is 5.91 Å². The second-order valence-corrected chi connectivity index (χ2v) is 10.1. The van der Waals surface area contributed by atoms with Crippen LogP contribution >= 0.6 is 0 Å². The van der Waals surface area contributed by atoms with E-state index < -0.39 is 12.1 Å². The summed E-state index contributed by atoms with van der Waals surface area (Å²) in [5.74, 6) is -1.12. The Bertz CT molecular complexity index is 1080. The Labute approximate surface area is 205 Å². The first kappa shape index (κ1) is 23.4. The van der Waals surface area contributed by atoms with E-state index in [0.29, 0.717) is 19.4 Å². The molecule has 0 radical (unpaired) electrons. The standard InChI is InChI=1S/C28H32N2O5/c1-30(19-13-18(14-19)27(32)33)26(31)20-12-6-7-17(20)15-29-28(34)35-16-25-23-10-4-2-8-21(23)22-9-3-5-11-24(22)25/h2-5,8-11,17-20,25H,6-7,12-16H2,1H3,(H,29,34)(H,32,33). The number of nitrogens with one attached hydrogen (secondary N) is 1. The summed E-state index contributed by atoms with van der Waals surface area (Å²) in [5.41, 5.74) is 4.73. The van der Waals surface area contributed by atoms with E-state index in [2.05, 4.69) is 29.6 Å². The van der Waals surface area contributed by atoms with E-state index in [0.717, 1.165) is 19.3 Å². The molecule has 3 aliphatic carbocycles. The molecule has 0 spiro atoms. The van der Waals surface area contributed by atoms with Gasteiger partial charge in [-0.15, -0.1) is 0 Å². The molecule has 2 aromatic rings. The Kier molecular flexibility index (Phi) is 6.50. The zero-order chi connectivity index (χ0) is 24.5. The summed E-state index contributed by atoms with van der Waals surface area (Å²) >= 11 is 0. The van der Waals surface area contributed by atoms with Crippen LogP contribution in [0.3, 0.4) is 0 Å². The number of aliphatic carboxylic acids is 1. The maximum Gasteiger partial charge on any atom is 0.407 e. The number of hydrogen-bond donors (Lipinski definition) is 2. The predicted octanol–water partition coefficient (Wildman–Crippen LogP) is 4.26. The Hall–Kier alpha value is -3.35. The third kappa shape index (κ3) is 4.51. The number of fused-ring (bicyclic) bond motifs is 3. The second-order valence-electron chi connectivity index (χ2n) is 10.1. The van der Waals surface area contributed by atoms with Crippen molar-refractivity contribution in [3.63, 3.8) is 0 Å². The van der Waals surface area contributed by atoms with Crippen LogP contribution in [0.5, 0.6) is 0 Å². The van der Waals surface area contributed by atoms with Crippen LogP contribution in [0.15, 0.2) is 48.5 Å². The van der Waals surface area contributed by atoms with Crippen molar-refractivity contribution < 1.29 is 24.2 Å². The molecule has 7 heteroatoms. The molecule has 2 N–H and O–H groups in total. The zero-order valence-corrected chi connectivity index (χ0v) is 20.0. The lowest BCUT2D eigenvalue weighted by atomic mass is 9.79. The maximum atomic E-state index is 13.1. The van der Waals surface area contributed by atoms with Gasteiger partial charge >= 0.3 is 12.1 Å². The van der Waals surface area contributed by atoms with Gasteiger partial charge in [0.15, 0.2) is 0 Å². The maximum absolute atomic E-state index is 13.1. The number of rotatable bonds is 7. The molecule has 2 unspecified atom stereocenters. The van der Waals surface area contributed by atoms with E-state index >= 15 is 0 Å². The quantitative estimate of drug-likeness (QED) is 0.622. The number of alkyl carbamates (subject to hydrolysis) is 1. The predicted molar refractivity (Wildman–Crippen MR) is 131 cm³/mol. The fraction of sp³-hybridized carbons (Fsp3) is 0.464. The number of amides is 2. The van der Waals surface area contributed by atoms with Gasteiger partial charge in [0.1, 0.15) is 6.61 Å². The summed E-state index contributed by atoms with van der Waals surface area (Å²) in [6.07, 6.45) is 3.22. The van der Waals surface area contributed by atoms with Crippen molar-refractivity contribution >= 4 is 18.0 Å². The minimum atomic E-state index is -0.784. The lowest BCUT2D eigenvalue weighted by Crippen LogP contribution is -2.50.